The number of fused-ring (bicyclic) bond motifs is 1. The lowest BCUT2D eigenvalue weighted by Crippen LogP contribution is -2.50. The molecule has 0 saturated carbocycles. The van der Waals surface area contributed by atoms with E-state index < -0.39 is 17.5 Å². The fourth-order valence-electron chi connectivity index (χ4n) is 4.30. The van der Waals surface area contributed by atoms with Crippen molar-refractivity contribution in [1.29, 1.82) is 0 Å². The van der Waals surface area contributed by atoms with Gasteiger partial charge in [-0.15, -0.1) is 0 Å². The Morgan fingerprint density at radius 3 is 2.44 bits per heavy atom. The summed E-state index contributed by atoms with van der Waals surface area (Å²) in [5.41, 5.74) is 0.836. The minimum atomic E-state index is -0.981. The van der Waals surface area contributed by atoms with Crippen LogP contribution in [0.3, 0.4) is 0 Å². The monoisotopic (exact) mass is 564 g/mol. The lowest BCUT2D eigenvalue weighted by molar-refractivity contribution is -0.142. The van der Waals surface area contributed by atoms with Crippen molar-refractivity contribution in [3.8, 4) is 17.2 Å². The first-order chi connectivity index (χ1) is 19.6. The van der Waals surface area contributed by atoms with E-state index in [1.807, 2.05) is 26.8 Å². The first-order valence-corrected chi connectivity index (χ1v) is 13.5. The maximum absolute atomic E-state index is 13.9. The molecule has 218 valence electrons. The van der Waals surface area contributed by atoms with Crippen molar-refractivity contribution >= 4 is 23.5 Å². The Morgan fingerprint density at radius 2 is 1.78 bits per heavy atom. The molecule has 0 fully saturated rings. The van der Waals surface area contributed by atoms with Gasteiger partial charge in [-0.3, -0.25) is 14.4 Å². The highest BCUT2D eigenvalue weighted by atomic mass is 16.7. The zero-order chi connectivity index (χ0) is 29.6. The van der Waals surface area contributed by atoms with Crippen LogP contribution in [0.15, 0.2) is 53.1 Å². The van der Waals surface area contributed by atoms with Crippen LogP contribution in [0.4, 0.5) is 5.82 Å². The fourth-order valence-corrected chi connectivity index (χ4v) is 4.30. The molecule has 11 nitrogen and oxygen atoms in total. The summed E-state index contributed by atoms with van der Waals surface area (Å²) in [6.07, 6.45) is 0.440. The van der Waals surface area contributed by atoms with Gasteiger partial charge in [-0.2, -0.15) is 0 Å². The van der Waals surface area contributed by atoms with Gasteiger partial charge in [0.2, 0.25) is 24.5 Å². The van der Waals surface area contributed by atoms with Crippen LogP contribution in [0.2, 0.25) is 0 Å². The standard InChI is InChI=1S/C30H36N4O7/c1-6-30(3,4)32-29(37)28(21-8-10-22(38-5)11-9-21)34(17-20-7-12-23-24(16-20)40-18-39-23)27(36)14-13-26(35)31-25-15-19(2)41-33-25/h7-12,15-16,28H,6,13-14,17-18H2,1-5H3,(H,32,37)(H,31,33,35). The fraction of sp³-hybridized carbons (Fsp3) is 0.400. The molecular weight excluding hydrogens is 528 g/mol. The van der Waals surface area contributed by atoms with Gasteiger partial charge in [0.05, 0.1) is 7.11 Å². The molecule has 3 amide bonds. The van der Waals surface area contributed by atoms with Crippen LogP contribution in [0.25, 0.3) is 0 Å². The number of aromatic nitrogens is 1. The number of rotatable bonds is 12. The molecular formula is C30H36N4O7. The summed E-state index contributed by atoms with van der Waals surface area (Å²) in [5.74, 6) is 1.51. The first-order valence-electron chi connectivity index (χ1n) is 13.5. The first kappa shape index (κ1) is 29.4. The Balaban J connectivity index is 1.65. The molecule has 1 aliphatic heterocycles. The van der Waals surface area contributed by atoms with Crippen molar-refractivity contribution in [1.82, 2.24) is 15.4 Å². The molecule has 3 aromatic rings. The lowest BCUT2D eigenvalue weighted by atomic mass is 9.97. The number of amides is 3. The number of nitrogens with one attached hydrogen (secondary N) is 2. The third-order valence-electron chi connectivity index (χ3n) is 6.91. The van der Waals surface area contributed by atoms with Crippen molar-refractivity contribution in [2.24, 2.45) is 0 Å². The number of carbonyl (C=O) groups is 3. The molecule has 0 spiro atoms. The number of carbonyl (C=O) groups excluding carboxylic acids is 3. The Labute approximate surface area is 239 Å². The normalized spacial score (nSPS) is 12.9. The summed E-state index contributed by atoms with van der Waals surface area (Å²) in [6.45, 7) is 7.75. The topological polar surface area (TPSA) is 132 Å². The van der Waals surface area contributed by atoms with Crippen LogP contribution in [0.5, 0.6) is 17.2 Å². The van der Waals surface area contributed by atoms with Gasteiger partial charge in [-0.05, 0) is 62.6 Å². The Hall–Kier alpha value is -4.54. The van der Waals surface area contributed by atoms with Crippen LogP contribution < -0.4 is 24.8 Å². The van der Waals surface area contributed by atoms with Crippen molar-refractivity contribution in [3.05, 3.63) is 65.4 Å². The molecule has 1 unspecified atom stereocenters. The molecule has 1 aliphatic rings. The van der Waals surface area contributed by atoms with Crippen molar-refractivity contribution in [2.75, 3.05) is 19.2 Å². The average Bonchev–Trinajstić information content (AvgIpc) is 3.59. The molecule has 1 aromatic heterocycles. The van der Waals surface area contributed by atoms with E-state index >= 15 is 0 Å². The highest BCUT2D eigenvalue weighted by Crippen LogP contribution is 2.34. The molecule has 41 heavy (non-hydrogen) atoms. The predicted octanol–water partition coefficient (Wildman–Crippen LogP) is 4.51. The van der Waals surface area contributed by atoms with E-state index in [1.54, 1.807) is 56.5 Å². The molecule has 2 heterocycles. The summed E-state index contributed by atoms with van der Waals surface area (Å²) in [6, 6.07) is 13.0. The van der Waals surface area contributed by atoms with Crippen LogP contribution >= 0.6 is 0 Å². The van der Waals surface area contributed by atoms with Gasteiger partial charge in [0.25, 0.3) is 0 Å². The number of ether oxygens (including phenoxy) is 3. The molecule has 0 aliphatic carbocycles. The average molecular weight is 565 g/mol. The van der Waals surface area contributed by atoms with Crippen LogP contribution in [0.1, 0.15) is 63.0 Å². The third kappa shape index (κ3) is 7.56. The summed E-state index contributed by atoms with van der Waals surface area (Å²) in [4.78, 5) is 41.9. The molecule has 2 N–H and O–H groups in total. The zero-order valence-corrected chi connectivity index (χ0v) is 24.0. The summed E-state index contributed by atoms with van der Waals surface area (Å²) < 4.78 is 21.3. The van der Waals surface area contributed by atoms with Gasteiger partial charge in [-0.1, -0.05) is 30.3 Å². The number of nitrogens with zero attached hydrogens (tertiary/aromatic N) is 2. The molecule has 1 atom stereocenters. The number of hydrogen-bond acceptors (Lipinski definition) is 8. The van der Waals surface area contributed by atoms with Gasteiger partial charge in [-0.25, -0.2) is 0 Å². The maximum atomic E-state index is 13.9. The summed E-state index contributed by atoms with van der Waals surface area (Å²) in [7, 11) is 1.56. The van der Waals surface area contributed by atoms with E-state index in [2.05, 4.69) is 15.8 Å². The van der Waals surface area contributed by atoms with Crippen molar-refractivity contribution < 1.29 is 33.1 Å². The molecule has 2 aromatic carbocycles. The van der Waals surface area contributed by atoms with E-state index in [-0.39, 0.29) is 43.8 Å². The second-order valence-electron chi connectivity index (χ2n) is 10.5. The number of benzene rings is 2. The summed E-state index contributed by atoms with van der Waals surface area (Å²) in [5, 5.41) is 9.48. The molecule has 0 radical (unpaired) electrons. The number of anilines is 1. The molecule has 11 heteroatoms. The number of methoxy groups -OCH3 is 1. The molecule has 0 bridgehead atoms. The summed E-state index contributed by atoms with van der Waals surface area (Å²) >= 11 is 0. The Bertz CT molecular complexity index is 1380. The second kappa shape index (κ2) is 12.8. The highest BCUT2D eigenvalue weighted by molar-refractivity contribution is 5.94. The van der Waals surface area contributed by atoms with E-state index in [1.165, 1.54) is 4.90 Å². The lowest BCUT2D eigenvalue weighted by Gasteiger charge is -2.35. The highest BCUT2D eigenvalue weighted by Gasteiger charge is 2.34. The SMILES string of the molecule is CCC(C)(C)NC(=O)C(c1ccc(OC)cc1)N(Cc1ccc2c(c1)OCO2)C(=O)CCC(=O)Nc1cc(C)on1. The van der Waals surface area contributed by atoms with Gasteiger partial charge in [0, 0.05) is 31.0 Å². The largest absolute Gasteiger partial charge is 0.497 e. The third-order valence-corrected chi connectivity index (χ3v) is 6.91. The van der Waals surface area contributed by atoms with Crippen LogP contribution in [-0.2, 0) is 20.9 Å². The minimum Gasteiger partial charge on any atom is -0.497 e. The van der Waals surface area contributed by atoms with Crippen molar-refractivity contribution in [2.45, 2.75) is 65.1 Å². The van der Waals surface area contributed by atoms with Gasteiger partial charge >= 0.3 is 0 Å². The quantitative estimate of drug-likeness (QED) is 0.328. The van der Waals surface area contributed by atoms with E-state index in [0.29, 0.717) is 35.0 Å². The number of aryl methyl sites for hydroxylation is 1. The Morgan fingerprint density at radius 1 is 1.05 bits per heavy atom. The zero-order valence-electron chi connectivity index (χ0n) is 24.0. The van der Waals surface area contributed by atoms with Gasteiger partial charge in [0.15, 0.2) is 17.3 Å². The molecule has 4 rings (SSSR count). The van der Waals surface area contributed by atoms with Gasteiger partial charge in [0.1, 0.15) is 17.6 Å². The Kier molecular flexibility index (Phi) is 9.16. The van der Waals surface area contributed by atoms with E-state index in [9.17, 15) is 14.4 Å². The van der Waals surface area contributed by atoms with Crippen LogP contribution in [-0.4, -0.2) is 47.2 Å². The smallest absolute Gasteiger partial charge is 0.247 e. The maximum Gasteiger partial charge on any atom is 0.247 e. The second-order valence-corrected chi connectivity index (χ2v) is 10.5. The van der Waals surface area contributed by atoms with Crippen LogP contribution in [0, 0.1) is 6.92 Å². The van der Waals surface area contributed by atoms with E-state index in [0.717, 1.165) is 5.56 Å². The van der Waals surface area contributed by atoms with Crippen molar-refractivity contribution in [3.63, 3.8) is 0 Å². The molecule has 0 saturated heterocycles. The van der Waals surface area contributed by atoms with Gasteiger partial charge < -0.3 is 34.3 Å². The number of hydrogen-bond donors (Lipinski definition) is 2. The minimum absolute atomic E-state index is 0.0935. The van der Waals surface area contributed by atoms with E-state index in [4.69, 9.17) is 18.7 Å². The predicted molar refractivity (Wildman–Crippen MR) is 150 cm³/mol.